The summed E-state index contributed by atoms with van der Waals surface area (Å²) in [4.78, 5) is 7.37. The maximum atomic E-state index is 6.02. The van der Waals surface area contributed by atoms with Gasteiger partial charge in [0.2, 0.25) is 0 Å². The first kappa shape index (κ1) is 9.62. The van der Waals surface area contributed by atoms with Crippen molar-refractivity contribution in [3.8, 4) is 0 Å². The average molecular weight is 225 g/mol. The van der Waals surface area contributed by atoms with E-state index in [1.807, 2.05) is 26.0 Å². The predicted octanol–water partition coefficient (Wildman–Crippen LogP) is 3.56. The molecular weight excluding hydrogens is 216 g/mol. The molecule has 0 radical (unpaired) electrons. The van der Waals surface area contributed by atoms with Gasteiger partial charge in [0, 0.05) is 10.4 Å². The summed E-state index contributed by atoms with van der Waals surface area (Å²) in [6.45, 7) is 3.85. The number of halogens is 1. The van der Waals surface area contributed by atoms with Crippen molar-refractivity contribution in [2.24, 2.45) is 0 Å². The van der Waals surface area contributed by atoms with Crippen LogP contribution in [0.4, 0.5) is 0 Å². The summed E-state index contributed by atoms with van der Waals surface area (Å²) in [6.07, 6.45) is 0. The Morgan fingerprint density at radius 2 is 2.07 bits per heavy atom. The predicted molar refractivity (Wildman–Crippen MR) is 61.4 cm³/mol. The molecule has 0 aliphatic carbocycles. The second-order valence-electron chi connectivity index (χ2n) is 3.22. The number of rotatable bonds is 0. The zero-order valence-electron chi connectivity index (χ0n) is 7.89. The summed E-state index contributed by atoms with van der Waals surface area (Å²) in [5.41, 5.74) is 2.00. The Labute approximate surface area is 91.9 Å². The zero-order chi connectivity index (χ0) is 10.3. The van der Waals surface area contributed by atoms with Crippen LogP contribution in [-0.2, 0) is 0 Å². The molecule has 14 heavy (non-hydrogen) atoms. The highest BCUT2D eigenvalue weighted by Gasteiger charge is 2.04. The molecule has 1 aromatic carbocycles. The second kappa shape index (κ2) is 3.33. The summed E-state index contributed by atoms with van der Waals surface area (Å²) >= 11 is 11.2. The van der Waals surface area contributed by atoms with Gasteiger partial charge in [-0.05, 0) is 31.5 Å². The molecule has 1 aromatic heterocycles. The van der Waals surface area contributed by atoms with Crippen LogP contribution >= 0.6 is 23.8 Å². The maximum absolute atomic E-state index is 6.02. The third-order valence-corrected chi connectivity index (χ3v) is 2.93. The molecule has 0 unspecified atom stereocenters. The number of benzene rings is 1. The second-order valence-corrected chi connectivity index (χ2v) is 4.02. The van der Waals surface area contributed by atoms with Gasteiger partial charge in [-0.2, -0.15) is 0 Å². The summed E-state index contributed by atoms with van der Waals surface area (Å²) in [5.74, 6) is 0.813. The molecule has 0 saturated heterocycles. The van der Waals surface area contributed by atoms with E-state index >= 15 is 0 Å². The molecular formula is C10H9ClN2S. The Bertz CT molecular complexity index is 560. The molecule has 1 N–H and O–H groups in total. The van der Waals surface area contributed by atoms with Gasteiger partial charge in [0.1, 0.15) is 10.5 Å². The Morgan fingerprint density at radius 3 is 2.79 bits per heavy atom. The van der Waals surface area contributed by atoms with Crippen molar-refractivity contribution >= 4 is 34.7 Å². The van der Waals surface area contributed by atoms with Gasteiger partial charge in [-0.1, -0.05) is 23.8 Å². The fraction of sp³-hybridized carbons (Fsp3) is 0.200. The largest absolute Gasteiger partial charge is 0.343 e. The first-order valence-electron chi connectivity index (χ1n) is 4.25. The molecule has 0 amide bonds. The van der Waals surface area contributed by atoms with E-state index in [2.05, 4.69) is 9.97 Å². The Morgan fingerprint density at radius 1 is 1.36 bits per heavy atom. The van der Waals surface area contributed by atoms with Crippen LogP contribution in [-0.4, -0.2) is 9.97 Å². The Balaban J connectivity index is 3.03. The van der Waals surface area contributed by atoms with Crippen LogP contribution in [0, 0.1) is 18.5 Å². The van der Waals surface area contributed by atoms with Crippen molar-refractivity contribution in [1.29, 1.82) is 0 Å². The van der Waals surface area contributed by atoms with Gasteiger partial charge in [0.25, 0.3) is 0 Å². The monoisotopic (exact) mass is 224 g/mol. The molecule has 72 valence electrons. The zero-order valence-corrected chi connectivity index (χ0v) is 9.46. The van der Waals surface area contributed by atoms with Gasteiger partial charge in [0.05, 0.1) is 5.52 Å². The lowest BCUT2D eigenvalue weighted by atomic mass is 10.1. The third-order valence-electron chi connectivity index (χ3n) is 2.20. The molecule has 0 spiro atoms. The standard InChI is InChI=1S/C10H9ClN2S/c1-5-8(11)4-3-7-9(5)12-6(2)13-10(7)14/h3-4H,1-2H3,(H,12,13,14). The SMILES string of the molecule is Cc1nc(=S)c2ccc(Cl)c(C)c2[nH]1. The maximum Gasteiger partial charge on any atom is 0.137 e. The molecule has 4 heteroatoms. The fourth-order valence-corrected chi connectivity index (χ4v) is 1.91. The van der Waals surface area contributed by atoms with Gasteiger partial charge >= 0.3 is 0 Å². The van der Waals surface area contributed by atoms with E-state index in [1.165, 1.54) is 0 Å². The summed E-state index contributed by atoms with van der Waals surface area (Å²) in [6, 6.07) is 3.75. The molecule has 2 nitrogen and oxygen atoms in total. The van der Waals surface area contributed by atoms with E-state index in [0.29, 0.717) is 4.64 Å². The van der Waals surface area contributed by atoms with E-state index in [1.54, 1.807) is 0 Å². The highest BCUT2D eigenvalue weighted by atomic mass is 35.5. The summed E-state index contributed by atoms with van der Waals surface area (Å²) < 4.78 is 0.621. The van der Waals surface area contributed by atoms with Crippen LogP contribution in [0.25, 0.3) is 10.9 Å². The average Bonchev–Trinajstić information content (AvgIpc) is 2.12. The number of hydrogen-bond acceptors (Lipinski definition) is 2. The first-order valence-corrected chi connectivity index (χ1v) is 5.04. The number of hydrogen-bond donors (Lipinski definition) is 1. The topological polar surface area (TPSA) is 28.7 Å². The number of fused-ring (bicyclic) bond motifs is 1. The van der Waals surface area contributed by atoms with Gasteiger partial charge < -0.3 is 4.98 Å². The summed E-state index contributed by atoms with van der Waals surface area (Å²) in [5, 5.41) is 1.70. The first-order chi connectivity index (χ1) is 6.59. The number of aromatic nitrogens is 2. The normalized spacial score (nSPS) is 10.8. The third kappa shape index (κ3) is 1.42. The van der Waals surface area contributed by atoms with Crippen LogP contribution in [0.2, 0.25) is 5.02 Å². The van der Waals surface area contributed by atoms with Gasteiger partial charge in [-0.3, -0.25) is 0 Å². The van der Waals surface area contributed by atoms with Gasteiger partial charge in [-0.25, -0.2) is 4.98 Å². The highest BCUT2D eigenvalue weighted by Crippen LogP contribution is 2.23. The van der Waals surface area contributed by atoms with Gasteiger partial charge in [0.15, 0.2) is 0 Å². The number of nitrogens with one attached hydrogen (secondary N) is 1. The van der Waals surface area contributed by atoms with E-state index in [0.717, 1.165) is 27.3 Å². The smallest absolute Gasteiger partial charge is 0.137 e. The van der Waals surface area contributed by atoms with Crippen LogP contribution in [0.1, 0.15) is 11.4 Å². The summed E-state index contributed by atoms with van der Waals surface area (Å²) in [7, 11) is 0. The van der Waals surface area contributed by atoms with Crippen LogP contribution < -0.4 is 0 Å². The lowest BCUT2D eigenvalue weighted by Crippen LogP contribution is -1.92. The highest BCUT2D eigenvalue weighted by molar-refractivity contribution is 7.71. The number of H-pyrrole nitrogens is 1. The minimum atomic E-state index is 0.621. The number of aryl methyl sites for hydroxylation is 2. The van der Waals surface area contributed by atoms with Crippen molar-refractivity contribution < 1.29 is 0 Å². The quantitative estimate of drug-likeness (QED) is 0.694. The molecule has 0 bridgehead atoms. The minimum absolute atomic E-state index is 0.621. The lowest BCUT2D eigenvalue weighted by Gasteiger charge is -2.05. The Kier molecular flexibility index (Phi) is 2.29. The van der Waals surface area contributed by atoms with E-state index in [9.17, 15) is 0 Å². The van der Waals surface area contributed by atoms with Crippen LogP contribution in [0.3, 0.4) is 0 Å². The number of aromatic amines is 1. The minimum Gasteiger partial charge on any atom is -0.343 e. The van der Waals surface area contributed by atoms with E-state index < -0.39 is 0 Å². The molecule has 0 atom stereocenters. The van der Waals surface area contributed by atoms with Crippen molar-refractivity contribution in [3.05, 3.63) is 33.2 Å². The fourth-order valence-electron chi connectivity index (χ4n) is 1.45. The van der Waals surface area contributed by atoms with Gasteiger partial charge in [-0.15, -0.1) is 0 Å². The molecule has 0 aliphatic rings. The molecule has 2 rings (SSSR count). The molecule has 0 aliphatic heterocycles. The molecule has 1 heterocycles. The van der Waals surface area contributed by atoms with Crippen molar-refractivity contribution in [2.75, 3.05) is 0 Å². The number of nitrogens with zero attached hydrogens (tertiary/aromatic N) is 1. The lowest BCUT2D eigenvalue weighted by molar-refractivity contribution is 1.08. The van der Waals surface area contributed by atoms with E-state index in [-0.39, 0.29) is 0 Å². The van der Waals surface area contributed by atoms with Crippen LogP contribution in [0.5, 0.6) is 0 Å². The molecule has 2 aromatic rings. The van der Waals surface area contributed by atoms with Crippen molar-refractivity contribution in [1.82, 2.24) is 9.97 Å². The van der Waals surface area contributed by atoms with E-state index in [4.69, 9.17) is 23.8 Å². The Hall–Kier alpha value is -0.930. The van der Waals surface area contributed by atoms with Crippen molar-refractivity contribution in [2.45, 2.75) is 13.8 Å². The molecule has 0 fully saturated rings. The molecule has 0 saturated carbocycles. The van der Waals surface area contributed by atoms with Crippen LogP contribution in [0.15, 0.2) is 12.1 Å². The van der Waals surface area contributed by atoms with Crippen molar-refractivity contribution in [3.63, 3.8) is 0 Å².